The number of rotatable bonds is 6. The van der Waals surface area contributed by atoms with E-state index >= 15 is 0 Å². The van der Waals surface area contributed by atoms with Crippen LogP contribution in [0.4, 0.5) is 5.69 Å². The van der Waals surface area contributed by atoms with Gasteiger partial charge in [-0.05, 0) is 35.7 Å². The van der Waals surface area contributed by atoms with Gasteiger partial charge in [0.05, 0.1) is 10.6 Å². The first-order chi connectivity index (χ1) is 13.3. The van der Waals surface area contributed by atoms with Gasteiger partial charge in [0.15, 0.2) is 0 Å². The Bertz CT molecular complexity index is 1030. The Morgan fingerprint density at radius 3 is 2.85 bits per heavy atom. The van der Waals surface area contributed by atoms with E-state index < -0.39 is 0 Å². The molecule has 0 unspecified atom stereocenters. The Morgan fingerprint density at radius 2 is 2.04 bits per heavy atom. The number of carbonyl (C=O) groups is 1. The fraction of sp³-hybridized carbons (Fsp3) is 0.0500. The molecule has 0 aliphatic heterocycles. The number of hydrogen-bond donors (Lipinski definition) is 1. The molecule has 0 aliphatic rings. The third-order valence-electron chi connectivity index (χ3n) is 3.67. The number of nitrogens with zero attached hydrogens (tertiary/aromatic N) is 2. The maximum absolute atomic E-state index is 12.5. The van der Waals surface area contributed by atoms with Crippen molar-refractivity contribution in [3.05, 3.63) is 82.9 Å². The van der Waals surface area contributed by atoms with Crippen molar-refractivity contribution >= 4 is 34.3 Å². The number of pyridine rings is 1. The highest BCUT2D eigenvalue weighted by Crippen LogP contribution is 2.28. The number of thiophene rings is 1. The quantitative estimate of drug-likeness (QED) is 0.495. The zero-order chi connectivity index (χ0) is 18.5. The van der Waals surface area contributed by atoms with Crippen molar-refractivity contribution in [2.45, 2.75) is 6.61 Å². The number of ether oxygens (including phenoxy) is 1. The monoisotopic (exact) mass is 393 g/mol. The molecule has 27 heavy (non-hydrogen) atoms. The van der Waals surface area contributed by atoms with Crippen molar-refractivity contribution in [3.8, 4) is 15.6 Å². The Hall–Kier alpha value is -3.03. The van der Waals surface area contributed by atoms with Crippen LogP contribution in [0.5, 0.6) is 5.75 Å². The van der Waals surface area contributed by atoms with Crippen LogP contribution in [0, 0.1) is 0 Å². The summed E-state index contributed by atoms with van der Waals surface area (Å²) in [6.45, 7) is 0.370. The van der Waals surface area contributed by atoms with Gasteiger partial charge in [-0.2, -0.15) is 0 Å². The molecule has 0 radical (unpaired) electrons. The lowest BCUT2D eigenvalue weighted by Gasteiger charge is -2.08. The average Bonchev–Trinajstić information content (AvgIpc) is 3.39. The Morgan fingerprint density at radius 1 is 1.07 bits per heavy atom. The zero-order valence-electron chi connectivity index (χ0n) is 14.2. The third kappa shape index (κ3) is 4.39. The number of anilines is 1. The number of benzene rings is 1. The molecule has 0 bridgehead atoms. The molecule has 1 amide bonds. The van der Waals surface area contributed by atoms with E-state index in [2.05, 4.69) is 15.3 Å². The molecular formula is C20H15N3O2S2. The maximum Gasteiger partial charge on any atom is 0.275 e. The molecule has 1 aromatic carbocycles. The van der Waals surface area contributed by atoms with Gasteiger partial charge >= 0.3 is 0 Å². The molecule has 4 rings (SSSR count). The standard InChI is InChI=1S/C20H15N3O2S2/c24-19(17-13-27-20(23-17)18-8-4-10-26-18)22-14-6-3-7-16(11-14)25-12-15-5-1-2-9-21-15/h1-11,13H,12H2,(H,22,24). The summed E-state index contributed by atoms with van der Waals surface area (Å²) in [6.07, 6.45) is 1.73. The highest BCUT2D eigenvalue weighted by Gasteiger charge is 2.13. The highest BCUT2D eigenvalue weighted by molar-refractivity contribution is 7.20. The maximum atomic E-state index is 12.5. The first-order valence-corrected chi connectivity index (χ1v) is 9.97. The number of hydrogen-bond acceptors (Lipinski definition) is 6. The summed E-state index contributed by atoms with van der Waals surface area (Å²) < 4.78 is 5.75. The van der Waals surface area contributed by atoms with Crippen LogP contribution < -0.4 is 10.1 Å². The predicted octanol–water partition coefficient (Wildman–Crippen LogP) is 5.10. The van der Waals surface area contributed by atoms with E-state index in [4.69, 9.17) is 4.74 Å². The van der Waals surface area contributed by atoms with Crippen LogP contribution in [0.25, 0.3) is 9.88 Å². The average molecular weight is 393 g/mol. The van der Waals surface area contributed by atoms with Crippen LogP contribution in [0.15, 0.2) is 71.6 Å². The summed E-state index contributed by atoms with van der Waals surface area (Å²) in [7, 11) is 0. The molecule has 7 heteroatoms. The van der Waals surface area contributed by atoms with Crippen molar-refractivity contribution in [2.24, 2.45) is 0 Å². The Balaban J connectivity index is 1.41. The Labute approximate surface area is 164 Å². The first-order valence-electron chi connectivity index (χ1n) is 8.21. The van der Waals surface area contributed by atoms with Crippen molar-refractivity contribution < 1.29 is 9.53 Å². The van der Waals surface area contributed by atoms with Crippen LogP contribution in [-0.2, 0) is 6.61 Å². The van der Waals surface area contributed by atoms with Gasteiger partial charge in [-0.25, -0.2) is 4.98 Å². The van der Waals surface area contributed by atoms with Crippen molar-refractivity contribution in [1.82, 2.24) is 9.97 Å². The molecule has 4 aromatic rings. The minimum Gasteiger partial charge on any atom is -0.487 e. The summed E-state index contributed by atoms with van der Waals surface area (Å²) in [5.74, 6) is 0.423. The zero-order valence-corrected chi connectivity index (χ0v) is 15.8. The smallest absolute Gasteiger partial charge is 0.275 e. The molecule has 0 saturated heterocycles. The summed E-state index contributed by atoms with van der Waals surface area (Å²) in [6, 6.07) is 16.9. The number of carbonyl (C=O) groups excluding carboxylic acids is 1. The summed E-state index contributed by atoms with van der Waals surface area (Å²) in [4.78, 5) is 22.2. The van der Waals surface area contributed by atoms with Crippen molar-refractivity contribution in [2.75, 3.05) is 5.32 Å². The van der Waals surface area contributed by atoms with Crippen LogP contribution >= 0.6 is 22.7 Å². The SMILES string of the molecule is O=C(Nc1cccc(OCc2ccccn2)c1)c1csc(-c2cccs2)n1. The molecule has 0 aliphatic carbocycles. The lowest BCUT2D eigenvalue weighted by Crippen LogP contribution is -2.12. The second kappa shape index (κ2) is 8.11. The number of thiazole rings is 1. The first kappa shape index (κ1) is 17.4. The summed E-state index contributed by atoms with van der Waals surface area (Å²) >= 11 is 3.07. The van der Waals surface area contributed by atoms with Crippen LogP contribution in [0.2, 0.25) is 0 Å². The van der Waals surface area contributed by atoms with Gasteiger partial charge in [-0.1, -0.05) is 18.2 Å². The van der Waals surface area contributed by atoms with E-state index in [0.717, 1.165) is 15.6 Å². The highest BCUT2D eigenvalue weighted by atomic mass is 32.1. The van der Waals surface area contributed by atoms with E-state index in [9.17, 15) is 4.79 Å². The van der Waals surface area contributed by atoms with Gasteiger partial charge in [0.1, 0.15) is 23.1 Å². The predicted molar refractivity (Wildman–Crippen MR) is 108 cm³/mol. The molecule has 3 heterocycles. The lowest BCUT2D eigenvalue weighted by molar-refractivity contribution is 0.102. The Kier molecular flexibility index (Phi) is 5.22. The second-order valence-corrected chi connectivity index (χ2v) is 7.41. The molecule has 0 fully saturated rings. The van der Waals surface area contributed by atoms with Gasteiger partial charge in [-0.15, -0.1) is 22.7 Å². The van der Waals surface area contributed by atoms with E-state index in [1.807, 2.05) is 53.9 Å². The molecule has 1 N–H and O–H groups in total. The normalized spacial score (nSPS) is 10.5. The minimum atomic E-state index is -0.240. The fourth-order valence-electron chi connectivity index (χ4n) is 2.39. The molecule has 0 saturated carbocycles. The fourth-order valence-corrected chi connectivity index (χ4v) is 4.01. The second-order valence-electron chi connectivity index (χ2n) is 5.61. The van der Waals surface area contributed by atoms with E-state index in [1.165, 1.54) is 11.3 Å². The number of amides is 1. The number of aromatic nitrogens is 2. The summed E-state index contributed by atoms with van der Waals surface area (Å²) in [5.41, 5.74) is 1.91. The molecular weight excluding hydrogens is 378 g/mol. The van der Waals surface area contributed by atoms with E-state index in [-0.39, 0.29) is 5.91 Å². The molecule has 0 spiro atoms. The largest absolute Gasteiger partial charge is 0.487 e. The molecule has 3 aromatic heterocycles. The molecule has 5 nitrogen and oxygen atoms in total. The third-order valence-corrected chi connectivity index (χ3v) is 5.55. The van der Waals surface area contributed by atoms with Gasteiger partial charge in [-0.3, -0.25) is 9.78 Å². The van der Waals surface area contributed by atoms with E-state index in [0.29, 0.717) is 23.7 Å². The number of nitrogens with one attached hydrogen (secondary N) is 1. The molecule has 134 valence electrons. The van der Waals surface area contributed by atoms with Crippen LogP contribution in [0.1, 0.15) is 16.2 Å². The van der Waals surface area contributed by atoms with Gasteiger partial charge in [0.2, 0.25) is 0 Å². The lowest BCUT2D eigenvalue weighted by atomic mass is 10.3. The van der Waals surface area contributed by atoms with Gasteiger partial charge in [0, 0.05) is 23.3 Å². The van der Waals surface area contributed by atoms with E-state index in [1.54, 1.807) is 29.0 Å². The van der Waals surface area contributed by atoms with Gasteiger partial charge < -0.3 is 10.1 Å². The van der Waals surface area contributed by atoms with Gasteiger partial charge in [0.25, 0.3) is 5.91 Å². The van der Waals surface area contributed by atoms with Crippen LogP contribution in [-0.4, -0.2) is 15.9 Å². The van der Waals surface area contributed by atoms with Crippen LogP contribution in [0.3, 0.4) is 0 Å². The summed E-state index contributed by atoms with van der Waals surface area (Å²) in [5, 5.41) is 7.48. The minimum absolute atomic E-state index is 0.240. The van der Waals surface area contributed by atoms with Crippen molar-refractivity contribution in [1.29, 1.82) is 0 Å². The van der Waals surface area contributed by atoms with Crippen molar-refractivity contribution in [3.63, 3.8) is 0 Å². The topological polar surface area (TPSA) is 64.1 Å². The molecule has 0 atom stereocenters.